The van der Waals surface area contributed by atoms with E-state index in [0.29, 0.717) is 5.92 Å². The first-order chi connectivity index (χ1) is 7.83. The van der Waals surface area contributed by atoms with Crippen LogP contribution in [-0.2, 0) is 0 Å². The first-order valence-electron chi connectivity index (χ1n) is 5.80. The molecule has 1 aliphatic carbocycles. The van der Waals surface area contributed by atoms with Gasteiger partial charge in [-0.1, -0.05) is 0 Å². The largest absolute Gasteiger partial charge is 0.497 e. The zero-order valence-corrected chi connectivity index (χ0v) is 9.69. The number of nitrogens with two attached hydrogens (primary N) is 1. The maximum absolute atomic E-state index is 5.72. The second-order valence-electron chi connectivity index (χ2n) is 4.32. The fourth-order valence-electron chi connectivity index (χ4n) is 1.84. The third-order valence-corrected chi connectivity index (χ3v) is 3.11. The molecule has 0 aliphatic heterocycles. The van der Waals surface area contributed by atoms with Crippen LogP contribution in [0.4, 0.5) is 0 Å². The fourth-order valence-corrected chi connectivity index (χ4v) is 1.84. The van der Waals surface area contributed by atoms with Crippen molar-refractivity contribution in [1.82, 2.24) is 0 Å². The number of benzene rings is 1. The van der Waals surface area contributed by atoms with Crippen LogP contribution in [0.1, 0.15) is 12.8 Å². The van der Waals surface area contributed by atoms with Gasteiger partial charge in [0, 0.05) is 5.92 Å². The predicted molar refractivity (Wildman–Crippen MR) is 63.8 cm³/mol. The van der Waals surface area contributed by atoms with Crippen molar-refractivity contribution in [3.05, 3.63) is 24.3 Å². The van der Waals surface area contributed by atoms with Gasteiger partial charge in [0.25, 0.3) is 0 Å². The maximum atomic E-state index is 5.72. The van der Waals surface area contributed by atoms with Gasteiger partial charge in [-0.2, -0.15) is 0 Å². The van der Waals surface area contributed by atoms with Gasteiger partial charge in [-0.25, -0.2) is 0 Å². The fraction of sp³-hybridized carbons (Fsp3) is 0.538. The molecule has 1 saturated carbocycles. The summed E-state index contributed by atoms with van der Waals surface area (Å²) in [6, 6.07) is 7.67. The molecule has 0 amide bonds. The van der Waals surface area contributed by atoms with Crippen LogP contribution in [-0.4, -0.2) is 20.3 Å². The standard InChI is InChI=1S/C13H19NO2/c1-15-12-4-6-13(7-5-12)16-9-11(8-14)10-2-3-10/h4-7,10-11H,2-3,8-9,14H2,1H3. The highest BCUT2D eigenvalue weighted by Crippen LogP contribution is 2.36. The van der Waals surface area contributed by atoms with E-state index in [9.17, 15) is 0 Å². The molecule has 1 aromatic rings. The molecule has 16 heavy (non-hydrogen) atoms. The van der Waals surface area contributed by atoms with E-state index in [2.05, 4.69) is 0 Å². The second kappa shape index (κ2) is 5.21. The van der Waals surface area contributed by atoms with Gasteiger partial charge in [0.1, 0.15) is 11.5 Å². The van der Waals surface area contributed by atoms with Gasteiger partial charge in [0.2, 0.25) is 0 Å². The average Bonchev–Trinajstić information content (AvgIpc) is 3.15. The lowest BCUT2D eigenvalue weighted by atomic mass is 10.1. The molecule has 1 fully saturated rings. The van der Waals surface area contributed by atoms with Gasteiger partial charge < -0.3 is 15.2 Å². The Morgan fingerprint density at radius 2 is 1.88 bits per heavy atom. The van der Waals surface area contributed by atoms with Crippen LogP contribution in [0.5, 0.6) is 11.5 Å². The van der Waals surface area contributed by atoms with E-state index in [4.69, 9.17) is 15.2 Å². The molecular formula is C13H19NO2. The molecule has 0 aromatic heterocycles. The van der Waals surface area contributed by atoms with Crippen LogP contribution in [0.2, 0.25) is 0 Å². The summed E-state index contributed by atoms with van der Waals surface area (Å²) in [5, 5.41) is 0. The zero-order chi connectivity index (χ0) is 11.4. The summed E-state index contributed by atoms with van der Waals surface area (Å²) >= 11 is 0. The predicted octanol–water partition coefficient (Wildman–Crippen LogP) is 2.06. The van der Waals surface area contributed by atoms with E-state index in [1.165, 1.54) is 12.8 Å². The SMILES string of the molecule is COc1ccc(OCC(CN)C2CC2)cc1. The van der Waals surface area contributed by atoms with Crippen LogP contribution in [0, 0.1) is 11.8 Å². The van der Waals surface area contributed by atoms with Crippen molar-refractivity contribution in [2.45, 2.75) is 12.8 Å². The molecule has 2 N–H and O–H groups in total. The van der Waals surface area contributed by atoms with Crippen molar-refractivity contribution in [2.75, 3.05) is 20.3 Å². The van der Waals surface area contributed by atoms with Crippen molar-refractivity contribution < 1.29 is 9.47 Å². The summed E-state index contributed by atoms with van der Waals surface area (Å²) in [4.78, 5) is 0. The molecule has 2 rings (SSSR count). The zero-order valence-electron chi connectivity index (χ0n) is 9.69. The molecule has 1 aliphatic rings. The van der Waals surface area contributed by atoms with Crippen LogP contribution in [0.3, 0.4) is 0 Å². The Labute approximate surface area is 96.5 Å². The number of hydrogen-bond donors (Lipinski definition) is 1. The summed E-state index contributed by atoms with van der Waals surface area (Å²) in [6.45, 7) is 1.45. The van der Waals surface area contributed by atoms with Crippen molar-refractivity contribution in [2.24, 2.45) is 17.6 Å². The number of methoxy groups -OCH3 is 1. The number of ether oxygens (including phenoxy) is 2. The third kappa shape index (κ3) is 2.89. The molecule has 0 heterocycles. The Balaban J connectivity index is 1.83. The van der Waals surface area contributed by atoms with E-state index in [-0.39, 0.29) is 0 Å². The molecule has 3 nitrogen and oxygen atoms in total. The highest BCUT2D eigenvalue weighted by Gasteiger charge is 2.30. The van der Waals surface area contributed by atoms with Crippen molar-refractivity contribution in [1.29, 1.82) is 0 Å². The lowest BCUT2D eigenvalue weighted by Crippen LogP contribution is -2.23. The van der Waals surface area contributed by atoms with Gasteiger partial charge in [-0.05, 0) is 49.6 Å². The Bertz CT molecular complexity index is 319. The third-order valence-electron chi connectivity index (χ3n) is 3.11. The Kier molecular flexibility index (Phi) is 3.67. The van der Waals surface area contributed by atoms with Crippen molar-refractivity contribution in [3.63, 3.8) is 0 Å². The van der Waals surface area contributed by atoms with E-state index >= 15 is 0 Å². The summed E-state index contributed by atoms with van der Waals surface area (Å²) in [5.74, 6) is 3.05. The maximum Gasteiger partial charge on any atom is 0.119 e. The molecule has 0 saturated heterocycles. The van der Waals surface area contributed by atoms with E-state index in [1.54, 1.807) is 7.11 Å². The lowest BCUT2D eigenvalue weighted by molar-refractivity contribution is 0.235. The second-order valence-corrected chi connectivity index (χ2v) is 4.32. The Morgan fingerprint density at radius 3 is 2.38 bits per heavy atom. The normalized spacial score (nSPS) is 16.9. The molecule has 0 spiro atoms. The summed E-state index contributed by atoms with van der Waals surface area (Å²) in [7, 11) is 1.66. The average molecular weight is 221 g/mol. The number of hydrogen-bond acceptors (Lipinski definition) is 3. The molecule has 1 aromatic carbocycles. The highest BCUT2D eigenvalue weighted by molar-refractivity contribution is 5.31. The number of rotatable bonds is 6. The first kappa shape index (κ1) is 11.3. The minimum Gasteiger partial charge on any atom is -0.497 e. The van der Waals surface area contributed by atoms with Gasteiger partial charge in [-0.3, -0.25) is 0 Å². The molecule has 3 heteroatoms. The van der Waals surface area contributed by atoms with Crippen molar-refractivity contribution in [3.8, 4) is 11.5 Å². The minimum absolute atomic E-state index is 0.516. The summed E-state index contributed by atoms with van der Waals surface area (Å²) in [5.41, 5.74) is 5.72. The topological polar surface area (TPSA) is 44.5 Å². The van der Waals surface area contributed by atoms with E-state index in [1.807, 2.05) is 24.3 Å². The quantitative estimate of drug-likeness (QED) is 0.799. The van der Waals surface area contributed by atoms with E-state index in [0.717, 1.165) is 30.6 Å². The smallest absolute Gasteiger partial charge is 0.119 e. The molecule has 1 atom stereocenters. The molecule has 0 bridgehead atoms. The van der Waals surface area contributed by atoms with Crippen LogP contribution in [0.15, 0.2) is 24.3 Å². The van der Waals surface area contributed by atoms with Gasteiger partial charge in [0.05, 0.1) is 13.7 Å². The Hall–Kier alpha value is -1.22. The molecule has 88 valence electrons. The summed E-state index contributed by atoms with van der Waals surface area (Å²) in [6.07, 6.45) is 2.63. The van der Waals surface area contributed by atoms with E-state index < -0.39 is 0 Å². The molecule has 0 radical (unpaired) electrons. The van der Waals surface area contributed by atoms with Crippen LogP contribution in [0.25, 0.3) is 0 Å². The van der Waals surface area contributed by atoms with Crippen LogP contribution >= 0.6 is 0 Å². The monoisotopic (exact) mass is 221 g/mol. The molecular weight excluding hydrogens is 202 g/mol. The minimum atomic E-state index is 0.516. The van der Waals surface area contributed by atoms with Crippen molar-refractivity contribution >= 4 is 0 Å². The van der Waals surface area contributed by atoms with Crippen LogP contribution < -0.4 is 15.2 Å². The first-order valence-corrected chi connectivity index (χ1v) is 5.80. The molecule has 1 unspecified atom stereocenters. The van der Waals surface area contributed by atoms with Gasteiger partial charge >= 0.3 is 0 Å². The summed E-state index contributed by atoms with van der Waals surface area (Å²) < 4.78 is 10.8. The Morgan fingerprint density at radius 1 is 1.25 bits per heavy atom. The highest BCUT2D eigenvalue weighted by atomic mass is 16.5. The lowest BCUT2D eigenvalue weighted by Gasteiger charge is -2.15. The van der Waals surface area contributed by atoms with Gasteiger partial charge in [0.15, 0.2) is 0 Å². The van der Waals surface area contributed by atoms with Gasteiger partial charge in [-0.15, -0.1) is 0 Å².